The predicted molar refractivity (Wildman–Crippen MR) is 300 cm³/mol. The van der Waals surface area contributed by atoms with E-state index < -0.39 is 58.0 Å². The summed E-state index contributed by atoms with van der Waals surface area (Å²) in [5, 5.41) is 2.70. The molecule has 0 nitrogen and oxygen atoms in total. The molecule has 0 fully saturated rings. The minimum Gasteiger partial charge on any atom is -0.136 e. The second kappa shape index (κ2) is 16.8. The molecule has 58 heavy (non-hydrogen) atoms. The molecule has 0 aliphatic heterocycles. The van der Waals surface area contributed by atoms with Gasteiger partial charge in [0.05, 0.1) is 30.4 Å². The predicted octanol–water partition coefficient (Wildman–Crippen LogP) is 19.7. The van der Waals surface area contributed by atoms with E-state index in [2.05, 4.69) is 249 Å². The highest BCUT2D eigenvalue weighted by Gasteiger charge is 2.81. The Morgan fingerprint density at radius 1 is 0.190 bits per heavy atom. The minimum atomic E-state index is -2.36. The van der Waals surface area contributed by atoms with E-state index >= 15 is 0 Å². The SMILES string of the molecule is CC(C)(C)[Si]([Si]([Si](Br)[Si](Br)[Si]([Si](C(C)(C)C)(C(C)(C)C)C(C)(C)C)[Si](C(C)(C)C)(C(C)(C)C)C(C)(C)C)[Si](C(C)(C)C)(C(C)(C)C)C(C)(C)C)(C(C)(C)C)C(C)(C)C. The fourth-order valence-corrected chi connectivity index (χ4v) is 317. The van der Waals surface area contributed by atoms with Gasteiger partial charge in [0.2, 0.25) is 0 Å². The molecule has 0 saturated carbocycles. The van der Waals surface area contributed by atoms with Crippen LogP contribution in [-0.2, 0) is 0 Å². The number of hydrogen-bond acceptors (Lipinski definition) is 0. The van der Waals surface area contributed by atoms with Crippen molar-refractivity contribution in [2.75, 3.05) is 0 Å². The van der Waals surface area contributed by atoms with Gasteiger partial charge in [0, 0.05) is 14.7 Å². The Balaban J connectivity index is 10.8. The summed E-state index contributed by atoms with van der Waals surface area (Å²) < 4.78 is 0. The van der Waals surface area contributed by atoms with Crippen molar-refractivity contribution in [3.05, 3.63) is 0 Å². The third kappa shape index (κ3) is 9.08. The molecular weight excluding hydrogens is 961 g/mol. The molecule has 0 heterocycles. The fourth-order valence-electron chi connectivity index (χ4n) is 19.4. The Hall–Kier alpha value is 2.70. The van der Waals surface area contributed by atoms with Gasteiger partial charge in [-0.3, -0.25) is 0 Å². The summed E-state index contributed by atoms with van der Waals surface area (Å²) in [4.78, 5) is 0. The smallest absolute Gasteiger partial charge is 0.116 e. The minimum absolute atomic E-state index is 0.225. The van der Waals surface area contributed by atoms with E-state index in [4.69, 9.17) is 30.6 Å². The molecule has 0 amide bonds. The summed E-state index contributed by atoms with van der Waals surface area (Å²) in [5.74, 6) is 0. The maximum absolute atomic E-state index is 5.41. The lowest BCUT2D eigenvalue weighted by Crippen LogP contribution is -2.92. The average molecular weight is 1070 g/mol. The van der Waals surface area contributed by atoms with Crippen LogP contribution in [0.3, 0.4) is 0 Å². The highest BCUT2D eigenvalue weighted by Crippen LogP contribution is 2.75. The monoisotopic (exact) mass is 1070 g/mol. The second-order valence-corrected chi connectivity index (χ2v) is 108. The van der Waals surface area contributed by atoms with Crippen molar-refractivity contribution in [3.8, 4) is 0 Å². The van der Waals surface area contributed by atoms with Gasteiger partial charge >= 0.3 is 0 Å². The van der Waals surface area contributed by atoms with Crippen LogP contribution in [0.5, 0.6) is 0 Å². The molecule has 0 aromatic heterocycles. The molecule has 0 unspecified atom stereocenters. The first-order valence-electron chi connectivity index (χ1n) is 23.1. The zero-order chi connectivity index (χ0) is 48.3. The van der Waals surface area contributed by atoms with Crippen LogP contribution < -0.4 is 0 Å². The van der Waals surface area contributed by atoms with Crippen molar-refractivity contribution in [3.63, 3.8) is 0 Å². The molecule has 0 rings (SSSR count). The van der Waals surface area contributed by atoms with E-state index in [0.29, 0.717) is 0 Å². The Morgan fingerprint density at radius 2 is 0.259 bits per heavy atom. The number of hydrogen-bond donors (Lipinski definition) is 0. The van der Waals surface area contributed by atoms with Crippen LogP contribution in [0.1, 0.15) is 249 Å². The molecule has 0 bridgehead atoms. The van der Waals surface area contributed by atoms with Crippen molar-refractivity contribution in [2.24, 2.45) is 0 Å². The molecule has 0 atom stereocenters. The largest absolute Gasteiger partial charge is 0.136 e. The lowest BCUT2D eigenvalue weighted by atomic mass is 10.2. The standard InChI is InChI=1S/C48H108Br2Si8/c1-37(2,3)55(38(4,5)6,39(7,8)9)53(56(40(10,11)12,41(13,14)15)42(16,17)18)51(49)52(50)54(57(43(19,20)21,44(22,23)24)45(25,26)27)58(46(28,29)30,47(31,32)33)48(34,35)36/h1-36H3. The van der Waals surface area contributed by atoms with Gasteiger partial charge in [0.25, 0.3) is 0 Å². The summed E-state index contributed by atoms with van der Waals surface area (Å²) in [6.07, 6.45) is 0. The third-order valence-electron chi connectivity index (χ3n) is 15.6. The van der Waals surface area contributed by atoms with Crippen LogP contribution in [0.4, 0.5) is 0 Å². The lowest BCUT2D eigenvalue weighted by molar-refractivity contribution is 0.542. The summed E-state index contributed by atoms with van der Waals surface area (Å²) in [7, 11) is -11.7. The van der Waals surface area contributed by atoms with E-state index in [1.165, 1.54) is 0 Å². The van der Waals surface area contributed by atoms with Crippen molar-refractivity contribution < 1.29 is 0 Å². The molecule has 346 valence electrons. The lowest BCUT2D eigenvalue weighted by Gasteiger charge is -2.76. The molecular formula is C48H108Br2Si8. The van der Waals surface area contributed by atoms with Crippen LogP contribution >= 0.6 is 30.6 Å². The Morgan fingerprint density at radius 3 is 0.310 bits per heavy atom. The maximum atomic E-state index is 5.41. The molecule has 0 saturated heterocycles. The van der Waals surface area contributed by atoms with Gasteiger partial charge in [0.15, 0.2) is 0 Å². The van der Waals surface area contributed by atoms with Gasteiger partial charge in [-0.05, 0) is 60.5 Å². The summed E-state index contributed by atoms with van der Waals surface area (Å²) >= 11 is 10.8. The van der Waals surface area contributed by atoms with Crippen molar-refractivity contribution in [2.45, 2.75) is 310 Å². The van der Waals surface area contributed by atoms with Gasteiger partial charge < -0.3 is 0 Å². The van der Waals surface area contributed by atoms with Crippen LogP contribution in [0.25, 0.3) is 0 Å². The third-order valence-corrected chi connectivity index (χ3v) is 182. The van der Waals surface area contributed by atoms with Gasteiger partial charge in [0.1, 0.15) is 12.9 Å². The Labute approximate surface area is 394 Å². The molecule has 0 aliphatic carbocycles. The second-order valence-electron chi connectivity index (χ2n) is 31.4. The average Bonchev–Trinajstić information content (AvgIpc) is 2.76. The zero-order valence-electron chi connectivity index (χ0n) is 46.8. The molecule has 0 aromatic rings. The van der Waals surface area contributed by atoms with E-state index in [9.17, 15) is 0 Å². The molecule has 10 heteroatoms. The Bertz CT molecular complexity index is 1030. The molecule has 0 spiro atoms. The highest BCUT2D eigenvalue weighted by atomic mass is 79.9. The number of halogens is 2. The first-order chi connectivity index (χ1) is 24.3. The Kier molecular flexibility index (Phi) is 17.6. The quantitative estimate of drug-likeness (QED) is 0.176. The van der Waals surface area contributed by atoms with Gasteiger partial charge in [-0.2, -0.15) is 0 Å². The van der Waals surface area contributed by atoms with Crippen LogP contribution in [0, 0.1) is 0 Å². The summed E-state index contributed by atoms with van der Waals surface area (Å²) in [5.41, 5.74) is 0. The van der Waals surface area contributed by atoms with Gasteiger partial charge in [-0.1, -0.05) is 249 Å². The van der Waals surface area contributed by atoms with Gasteiger partial charge in [-0.15, -0.1) is 30.6 Å². The molecule has 0 N–H and O–H groups in total. The topological polar surface area (TPSA) is 0 Å². The summed E-state index contributed by atoms with van der Waals surface area (Å²) in [6, 6.07) is 0. The first kappa shape index (κ1) is 60.7. The van der Waals surface area contributed by atoms with E-state index in [-0.39, 0.29) is 60.5 Å². The summed E-state index contributed by atoms with van der Waals surface area (Å²) in [6.45, 7) is 97.1. The van der Waals surface area contributed by atoms with Crippen LogP contribution in [0.15, 0.2) is 0 Å². The molecule has 0 aliphatic rings. The van der Waals surface area contributed by atoms with Crippen LogP contribution in [-0.4, -0.2) is 58.0 Å². The molecule has 4 radical (unpaired) electrons. The first-order valence-corrected chi connectivity index (χ1v) is 48.6. The zero-order valence-corrected chi connectivity index (χ0v) is 57.9. The maximum Gasteiger partial charge on any atom is 0.116 e. The highest BCUT2D eigenvalue weighted by molar-refractivity contribution is 9.37. The van der Waals surface area contributed by atoms with Crippen molar-refractivity contribution in [1.82, 2.24) is 0 Å². The fraction of sp³-hybridized carbons (Fsp3) is 1.00. The normalized spacial score (nSPS) is 17.1. The van der Waals surface area contributed by atoms with Gasteiger partial charge in [-0.25, -0.2) is 0 Å². The van der Waals surface area contributed by atoms with E-state index in [1.54, 1.807) is 0 Å². The van der Waals surface area contributed by atoms with Crippen molar-refractivity contribution in [1.29, 1.82) is 0 Å². The van der Waals surface area contributed by atoms with Crippen molar-refractivity contribution >= 4 is 88.6 Å². The molecule has 0 aromatic carbocycles. The van der Waals surface area contributed by atoms with E-state index in [1.807, 2.05) is 0 Å². The van der Waals surface area contributed by atoms with E-state index in [0.717, 1.165) is 0 Å². The number of rotatable bonds is 7. The van der Waals surface area contributed by atoms with Crippen LogP contribution in [0.2, 0.25) is 60.5 Å².